The number of fused-ring (bicyclic) bond motifs is 12. The quantitative estimate of drug-likeness (QED) is 0.189. The fourth-order valence-electron chi connectivity index (χ4n) is 7.40. The molecule has 5 aromatic heterocycles. The average Bonchev–Trinajstić information content (AvgIpc) is 3.85. The van der Waals surface area contributed by atoms with E-state index < -0.39 is 15.3 Å². The van der Waals surface area contributed by atoms with E-state index in [1.54, 1.807) is 41.0 Å². The van der Waals surface area contributed by atoms with Gasteiger partial charge in [0.15, 0.2) is 0 Å². The molecule has 3 aliphatic rings. The van der Waals surface area contributed by atoms with E-state index in [9.17, 15) is 8.42 Å². The van der Waals surface area contributed by atoms with Gasteiger partial charge < -0.3 is 0 Å². The fourth-order valence-corrected chi connectivity index (χ4v) is 11.1. The van der Waals surface area contributed by atoms with Crippen LogP contribution < -0.4 is 4.90 Å². The van der Waals surface area contributed by atoms with Gasteiger partial charge in [0.05, 0.1) is 20.9 Å². The summed E-state index contributed by atoms with van der Waals surface area (Å²) >= 11 is 3.55. The topological polar surface area (TPSA) is 76.1 Å². The first-order valence-corrected chi connectivity index (χ1v) is 17.6. The molecule has 0 radical (unpaired) electrons. The van der Waals surface area contributed by atoms with Crippen molar-refractivity contribution >= 4 is 49.8 Å². The normalized spacial score (nSPS) is 15.6. The van der Waals surface area contributed by atoms with Crippen LogP contribution in [-0.4, -0.2) is 23.4 Å². The van der Waals surface area contributed by atoms with Gasteiger partial charge in [-0.05, 0) is 88.6 Å². The van der Waals surface area contributed by atoms with Crippen LogP contribution in [-0.2, 0) is 15.3 Å². The summed E-state index contributed by atoms with van der Waals surface area (Å²) in [6.45, 7) is 0. The largest absolute Gasteiger partial charge is 0.278 e. The lowest BCUT2D eigenvalue weighted by Crippen LogP contribution is -2.36. The summed E-state index contributed by atoms with van der Waals surface area (Å²) in [6, 6.07) is 29.6. The predicted octanol–water partition coefficient (Wildman–Crippen LogP) is 8.62. The molecule has 0 N–H and O–H groups in total. The second-order valence-corrected chi connectivity index (χ2v) is 15.0. The zero-order valence-corrected chi connectivity index (χ0v) is 25.8. The molecule has 0 unspecified atom stereocenters. The minimum atomic E-state index is -3.67. The molecule has 6 nitrogen and oxygen atoms in total. The summed E-state index contributed by atoms with van der Waals surface area (Å²) in [5.41, 5.74) is 7.91. The number of hydrogen-bond donors (Lipinski definition) is 0. The second-order valence-electron chi connectivity index (χ2n) is 11.3. The first-order chi connectivity index (χ1) is 22.1. The van der Waals surface area contributed by atoms with Gasteiger partial charge in [0.1, 0.15) is 11.6 Å². The predicted molar refractivity (Wildman–Crippen MR) is 177 cm³/mol. The van der Waals surface area contributed by atoms with E-state index in [1.807, 2.05) is 67.0 Å². The number of pyridine rings is 3. The third-order valence-corrected chi connectivity index (χ3v) is 13.0. The second kappa shape index (κ2) is 8.82. The van der Waals surface area contributed by atoms with Crippen LogP contribution in [0.2, 0.25) is 0 Å². The van der Waals surface area contributed by atoms with E-state index in [4.69, 9.17) is 9.97 Å². The number of thiophene rings is 2. The molecule has 10 rings (SSSR count). The summed E-state index contributed by atoms with van der Waals surface area (Å²) in [4.78, 5) is 19.8. The minimum absolute atomic E-state index is 0.303. The molecule has 0 bridgehead atoms. The van der Waals surface area contributed by atoms with E-state index in [1.165, 1.54) is 20.9 Å². The van der Waals surface area contributed by atoms with Crippen molar-refractivity contribution in [2.24, 2.45) is 0 Å². The van der Waals surface area contributed by atoms with Gasteiger partial charge in [0, 0.05) is 61.8 Å². The Balaban J connectivity index is 1.22. The Bertz CT molecular complexity index is 2390. The van der Waals surface area contributed by atoms with Gasteiger partial charge in [0.2, 0.25) is 9.84 Å². The highest BCUT2D eigenvalue weighted by Crippen LogP contribution is 2.64. The van der Waals surface area contributed by atoms with Crippen LogP contribution in [0.25, 0.3) is 32.1 Å². The molecule has 214 valence electrons. The SMILES string of the molecule is O=S1(=O)c2ccc(-c3ccccn3)cc2-c2cc(N3c4ncccc4C4(c5cccnc53)c3ccsc3-c3sccc34)ccc21. The van der Waals surface area contributed by atoms with Gasteiger partial charge in [-0.3, -0.25) is 9.88 Å². The molecule has 7 aromatic rings. The maximum Gasteiger partial charge on any atom is 0.207 e. The van der Waals surface area contributed by atoms with E-state index >= 15 is 0 Å². The van der Waals surface area contributed by atoms with Gasteiger partial charge in [0.25, 0.3) is 0 Å². The third kappa shape index (κ3) is 3.12. The highest BCUT2D eigenvalue weighted by Gasteiger charge is 2.54. The molecule has 9 heteroatoms. The molecule has 1 aliphatic carbocycles. The van der Waals surface area contributed by atoms with Crippen molar-refractivity contribution in [3.8, 4) is 32.1 Å². The van der Waals surface area contributed by atoms with Crippen LogP contribution in [0.5, 0.6) is 0 Å². The summed E-state index contributed by atoms with van der Waals surface area (Å²) in [7, 11) is -3.67. The summed E-state index contributed by atoms with van der Waals surface area (Å²) < 4.78 is 27.4. The molecular formula is C36H20N4O2S3. The summed E-state index contributed by atoms with van der Waals surface area (Å²) in [6.07, 6.45) is 5.38. The molecular weight excluding hydrogens is 617 g/mol. The molecule has 2 aromatic carbocycles. The standard InChI is InChI=1S/C36H20N4O2S3/c41-45(42)30-10-8-21(29-7-1-2-14-37-29)19-23(30)24-20-22(9-11-31(24)45)40-34-27(5-3-15-38-34)36(28-6-4-16-39-35(28)40)25-12-17-43-32(25)33-26(36)13-18-44-33/h1-20H. The first-order valence-electron chi connectivity index (χ1n) is 14.4. The lowest BCUT2D eigenvalue weighted by atomic mass is 9.67. The van der Waals surface area contributed by atoms with Crippen molar-refractivity contribution in [1.29, 1.82) is 0 Å². The van der Waals surface area contributed by atoms with Crippen molar-refractivity contribution in [1.82, 2.24) is 15.0 Å². The van der Waals surface area contributed by atoms with Crippen molar-refractivity contribution in [3.63, 3.8) is 0 Å². The Labute approximate surface area is 266 Å². The van der Waals surface area contributed by atoms with Gasteiger partial charge in [-0.15, -0.1) is 22.7 Å². The highest BCUT2D eigenvalue weighted by molar-refractivity contribution is 7.92. The van der Waals surface area contributed by atoms with Gasteiger partial charge in [-0.1, -0.05) is 24.3 Å². The number of anilines is 3. The highest BCUT2D eigenvalue weighted by atomic mass is 32.2. The molecule has 0 fully saturated rings. The Morgan fingerprint density at radius 1 is 0.600 bits per heavy atom. The van der Waals surface area contributed by atoms with Crippen LogP contribution >= 0.6 is 22.7 Å². The van der Waals surface area contributed by atoms with E-state index in [2.05, 4.69) is 44.9 Å². The maximum absolute atomic E-state index is 13.7. The number of rotatable bonds is 2. The smallest absolute Gasteiger partial charge is 0.207 e. The van der Waals surface area contributed by atoms with Gasteiger partial charge >= 0.3 is 0 Å². The molecule has 0 atom stereocenters. The Morgan fingerprint density at radius 3 is 1.87 bits per heavy atom. The van der Waals surface area contributed by atoms with Gasteiger partial charge in [-0.2, -0.15) is 0 Å². The average molecular weight is 637 g/mol. The molecule has 2 aliphatic heterocycles. The third-order valence-electron chi connectivity index (χ3n) is 9.18. The maximum atomic E-state index is 13.7. The molecule has 0 saturated heterocycles. The first kappa shape index (κ1) is 25.4. The molecule has 45 heavy (non-hydrogen) atoms. The van der Waals surface area contributed by atoms with Gasteiger partial charge in [-0.25, -0.2) is 18.4 Å². The Morgan fingerprint density at radius 2 is 1.22 bits per heavy atom. The minimum Gasteiger partial charge on any atom is -0.278 e. The van der Waals surface area contributed by atoms with Crippen molar-refractivity contribution in [2.45, 2.75) is 15.2 Å². The Hall–Kier alpha value is -4.96. The molecule has 7 heterocycles. The fraction of sp³-hybridized carbons (Fsp3) is 0.0278. The number of nitrogens with zero attached hydrogens (tertiary/aromatic N) is 4. The molecule has 1 spiro atoms. The zero-order valence-electron chi connectivity index (χ0n) is 23.4. The van der Waals surface area contributed by atoms with Crippen LogP contribution in [0.1, 0.15) is 22.3 Å². The molecule has 0 saturated carbocycles. The molecule has 0 amide bonds. The zero-order chi connectivity index (χ0) is 29.9. The van der Waals surface area contributed by atoms with Crippen molar-refractivity contribution in [2.75, 3.05) is 4.90 Å². The van der Waals surface area contributed by atoms with E-state index in [-0.39, 0.29) is 0 Å². The van der Waals surface area contributed by atoms with Crippen LogP contribution in [0.15, 0.2) is 130 Å². The van der Waals surface area contributed by atoms with Crippen molar-refractivity contribution < 1.29 is 8.42 Å². The number of hydrogen-bond acceptors (Lipinski definition) is 8. The summed E-state index contributed by atoms with van der Waals surface area (Å²) in [5, 5.41) is 4.34. The van der Waals surface area contributed by atoms with E-state index in [0.29, 0.717) is 20.9 Å². The van der Waals surface area contributed by atoms with Crippen LogP contribution in [0.4, 0.5) is 17.3 Å². The monoisotopic (exact) mass is 636 g/mol. The Kier molecular flexibility index (Phi) is 4.97. The lowest BCUT2D eigenvalue weighted by molar-refractivity contribution is 0.598. The summed E-state index contributed by atoms with van der Waals surface area (Å²) in [5.74, 6) is 1.56. The van der Waals surface area contributed by atoms with Crippen LogP contribution in [0, 0.1) is 0 Å². The number of aromatic nitrogens is 3. The van der Waals surface area contributed by atoms with Crippen molar-refractivity contribution in [3.05, 3.63) is 143 Å². The van der Waals surface area contributed by atoms with E-state index in [0.717, 1.165) is 39.7 Å². The van der Waals surface area contributed by atoms with Crippen LogP contribution in [0.3, 0.4) is 0 Å². The lowest BCUT2D eigenvalue weighted by Gasteiger charge is -2.42. The number of sulfone groups is 1. The number of benzene rings is 2.